The van der Waals surface area contributed by atoms with Gasteiger partial charge < -0.3 is 8.94 Å². The maximum absolute atomic E-state index is 13.0. The Balaban J connectivity index is 1.82. The van der Waals surface area contributed by atoms with Gasteiger partial charge in [0.15, 0.2) is 5.58 Å². The highest BCUT2D eigenvalue weighted by Crippen LogP contribution is 2.38. The van der Waals surface area contributed by atoms with E-state index < -0.39 is 0 Å². The van der Waals surface area contributed by atoms with Crippen LogP contribution in [0.1, 0.15) is 0 Å². The fourth-order valence-electron chi connectivity index (χ4n) is 2.31. The van der Waals surface area contributed by atoms with Crippen LogP contribution in [0.5, 0.6) is 0 Å². The third-order valence-corrected chi connectivity index (χ3v) is 3.40. The van der Waals surface area contributed by atoms with Gasteiger partial charge in [-0.2, -0.15) is 4.98 Å². The van der Waals surface area contributed by atoms with Crippen molar-refractivity contribution < 1.29 is 18.5 Å². The number of fused-ring (bicyclic) bond motifs is 1. The van der Waals surface area contributed by atoms with Crippen molar-refractivity contribution in [2.75, 3.05) is 0 Å². The number of hydroxylamine groups is 1. The molecule has 0 aliphatic heterocycles. The van der Waals surface area contributed by atoms with Crippen molar-refractivity contribution in [3.05, 3.63) is 48.4 Å². The van der Waals surface area contributed by atoms with Gasteiger partial charge in [0.1, 0.15) is 23.4 Å². The molecule has 9 heteroatoms. The summed E-state index contributed by atoms with van der Waals surface area (Å²) < 4.78 is 24.0. The topological polar surface area (TPSA) is 110 Å². The van der Waals surface area contributed by atoms with E-state index in [1.165, 1.54) is 12.1 Å². The van der Waals surface area contributed by atoms with Crippen molar-refractivity contribution in [3.63, 3.8) is 0 Å². The molecular formula is C16H10FN5O3. The van der Waals surface area contributed by atoms with Crippen LogP contribution in [-0.4, -0.2) is 26.7 Å². The quantitative estimate of drug-likeness (QED) is 0.333. The lowest BCUT2D eigenvalue weighted by Gasteiger charge is -1.93. The number of aromatic nitrogens is 3. The fourth-order valence-corrected chi connectivity index (χ4v) is 2.31. The van der Waals surface area contributed by atoms with Crippen LogP contribution in [0.3, 0.4) is 0 Å². The minimum atomic E-state index is -0.357. The molecule has 1 aromatic carbocycles. The van der Waals surface area contributed by atoms with Gasteiger partial charge in [0.25, 0.3) is 5.89 Å². The average molecular weight is 339 g/mol. The minimum Gasteiger partial charge on any atom is -0.447 e. The van der Waals surface area contributed by atoms with E-state index in [1.54, 1.807) is 30.5 Å². The molecule has 3 aromatic heterocycles. The maximum Gasteiger partial charge on any atom is 0.296 e. The van der Waals surface area contributed by atoms with Gasteiger partial charge in [0, 0.05) is 11.8 Å². The van der Waals surface area contributed by atoms with E-state index >= 15 is 0 Å². The Morgan fingerprint density at radius 1 is 1.20 bits per heavy atom. The van der Waals surface area contributed by atoms with E-state index in [-0.39, 0.29) is 23.3 Å². The average Bonchev–Trinajstić information content (AvgIpc) is 3.25. The fraction of sp³-hybridized carbons (Fsp3) is 0. The second-order valence-corrected chi connectivity index (χ2v) is 4.95. The SMILES string of the molecule is ONC=Nc1c(-c2nc(-c3ccc(F)cc3)no2)oc2cccnc12. The lowest BCUT2D eigenvalue weighted by Crippen LogP contribution is -2.00. The van der Waals surface area contributed by atoms with Crippen molar-refractivity contribution >= 4 is 23.1 Å². The maximum atomic E-state index is 13.0. The summed E-state index contributed by atoms with van der Waals surface area (Å²) in [5.74, 6) is 0.214. The summed E-state index contributed by atoms with van der Waals surface area (Å²) in [5, 5.41) is 12.6. The highest BCUT2D eigenvalue weighted by Gasteiger charge is 2.22. The number of hydrogen-bond donors (Lipinski definition) is 2. The lowest BCUT2D eigenvalue weighted by molar-refractivity contribution is 0.240. The van der Waals surface area contributed by atoms with Gasteiger partial charge in [0.05, 0.1) is 0 Å². The monoisotopic (exact) mass is 339 g/mol. The molecule has 25 heavy (non-hydrogen) atoms. The number of benzene rings is 1. The van der Waals surface area contributed by atoms with Crippen molar-refractivity contribution in [3.8, 4) is 23.0 Å². The summed E-state index contributed by atoms with van der Waals surface area (Å²) in [5.41, 5.74) is 3.69. The first kappa shape index (κ1) is 15.0. The number of pyridine rings is 1. The van der Waals surface area contributed by atoms with Crippen LogP contribution in [0.25, 0.3) is 34.1 Å². The Hall–Kier alpha value is -3.59. The number of hydrogen-bond acceptors (Lipinski definition) is 7. The van der Waals surface area contributed by atoms with Gasteiger partial charge in [-0.05, 0) is 36.4 Å². The van der Waals surface area contributed by atoms with Crippen LogP contribution in [0, 0.1) is 5.82 Å². The van der Waals surface area contributed by atoms with Crippen LogP contribution >= 0.6 is 0 Å². The molecule has 0 aliphatic rings. The van der Waals surface area contributed by atoms with E-state index in [9.17, 15) is 4.39 Å². The summed E-state index contributed by atoms with van der Waals surface area (Å²) in [6.45, 7) is 0. The van der Waals surface area contributed by atoms with Crippen molar-refractivity contribution in [2.45, 2.75) is 0 Å². The molecule has 0 radical (unpaired) electrons. The largest absolute Gasteiger partial charge is 0.447 e. The normalized spacial score (nSPS) is 11.4. The molecule has 0 fully saturated rings. The summed E-state index contributed by atoms with van der Waals surface area (Å²) in [6.07, 6.45) is 2.66. The second kappa shape index (κ2) is 6.13. The Kier molecular flexibility index (Phi) is 3.67. The van der Waals surface area contributed by atoms with Crippen LogP contribution < -0.4 is 5.48 Å². The Morgan fingerprint density at radius 3 is 2.84 bits per heavy atom. The molecule has 124 valence electrons. The number of nitrogens with zero attached hydrogens (tertiary/aromatic N) is 4. The molecule has 0 unspecified atom stereocenters. The molecule has 0 atom stereocenters. The van der Waals surface area contributed by atoms with Crippen LogP contribution in [0.2, 0.25) is 0 Å². The van der Waals surface area contributed by atoms with Crippen molar-refractivity contribution in [2.24, 2.45) is 4.99 Å². The van der Waals surface area contributed by atoms with Gasteiger partial charge in [-0.1, -0.05) is 5.16 Å². The molecule has 8 nitrogen and oxygen atoms in total. The molecule has 0 saturated heterocycles. The molecule has 4 rings (SSSR count). The van der Waals surface area contributed by atoms with Gasteiger partial charge in [0.2, 0.25) is 11.6 Å². The second-order valence-electron chi connectivity index (χ2n) is 4.95. The molecule has 0 saturated carbocycles. The first-order valence-corrected chi connectivity index (χ1v) is 7.16. The standard InChI is InChI=1S/C16H10FN5O3/c17-10-5-3-9(4-6-10)15-21-16(25-22-15)14-13(19-8-20-23)12-11(24-14)2-1-7-18-12/h1-8,23H,(H,19,20). The van der Waals surface area contributed by atoms with Gasteiger partial charge in [-0.15, -0.1) is 0 Å². The first-order chi connectivity index (χ1) is 12.3. The number of halogens is 1. The van der Waals surface area contributed by atoms with E-state index in [0.717, 1.165) is 6.34 Å². The third kappa shape index (κ3) is 2.72. The molecule has 3 heterocycles. The summed E-state index contributed by atoms with van der Waals surface area (Å²) in [4.78, 5) is 12.5. The molecule has 0 spiro atoms. The number of rotatable bonds is 4. The Morgan fingerprint density at radius 2 is 2.04 bits per heavy atom. The highest BCUT2D eigenvalue weighted by molar-refractivity contribution is 5.94. The van der Waals surface area contributed by atoms with Crippen molar-refractivity contribution in [1.29, 1.82) is 0 Å². The summed E-state index contributed by atoms with van der Waals surface area (Å²) >= 11 is 0. The molecule has 0 amide bonds. The molecule has 0 aliphatic carbocycles. The third-order valence-electron chi connectivity index (χ3n) is 3.40. The summed E-state index contributed by atoms with van der Waals surface area (Å²) in [7, 11) is 0. The number of nitrogens with one attached hydrogen (secondary N) is 1. The highest BCUT2D eigenvalue weighted by atomic mass is 19.1. The van der Waals surface area contributed by atoms with E-state index in [4.69, 9.17) is 14.1 Å². The minimum absolute atomic E-state index is 0.0856. The molecule has 0 bridgehead atoms. The van der Waals surface area contributed by atoms with Crippen molar-refractivity contribution in [1.82, 2.24) is 20.6 Å². The van der Waals surface area contributed by atoms with E-state index in [0.29, 0.717) is 22.4 Å². The number of furan rings is 1. The zero-order valence-electron chi connectivity index (χ0n) is 12.5. The predicted molar refractivity (Wildman–Crippen MR) is 85.8 cm³/mol. The van der Waals surface area contributed by atoms with Gasteiger partial charge in [-0.25, -0.2) is 9.38 Å². The number of aliphatic imine (C=N–C) groups is 1. The predicted octanol–water partition coefficient (Wildman–Crippen LogP) is 3.32. The van der Waals surface area contributed by atoms with E-state index in [2.05, 4.69) is 20.1 Å². The van der Waals surface area contributed by atoms with Gasteiger partial charge >= 0.3 is 0 Å². The van der Waals surface area contributed by atoms with Gasteiger partial charge in [-0.3, -0.25) is 15.7 Å². The molecule has 2 N–H and O–H groups in total. The van der Waals surface area contributed by atoms with E-state index in [1.807, 2.05) is 5.48 Å². The Labute approximate surface area is 139 Å². The Bertz CT molecular complexity index is 1060. The smallest absolute Gasteiger partial charge is 0.296 e. The zero-order valence-corrected chi connectivity index (χ0v) is 12.5. The first-order valence-electron chi connectivity index (χ1n) is 7.16. The zero-order chi connectivity index (χ0) is 17.2. The van der Waals surface area contributed by atoms with Crippen LogP contribution in [0.4, 0.5) is 10.1 Å². The molecule has 4 aromatic rings. The summed E-state index contributed by atoms with van der Waals surface area (Å²) in [6, 6.07) is 9.12. The van der Waals surface area contributed by atoms with Crippen LogP contribution in [0.15, 0.2) is 56.5 Å². The molecular weight excluding hydrogens is 329 g/mol. The van der Waals surface area contributed by atoms with Crippen LogP contribution in [-0.2, 0) is 0 Å². The lowest BCUT2D eigenvalue weighted by atomic mass is 10.2.